The summed E-state index contributed by atoms with van der Waals surface area (Å²) in [6.07, 6.45) is -3.26. The topological polar surface area (TPSA) is 34.9 Å². The summed E-state index contributed by atoms with van der Waals surface area (Å²) < 4.78 is 39.7. The van der Waals surface area contributed by atoms with E-state index in [9.17, 15) is 18.0 Å². The molecule has 1 heterocycles. The Bertz CT molecular complexity index is 477. The van der Waals surface area contributed by atoms with E-state index < -0.39 is 12.0 Å². The number of carbonyl (C=O) groups is 1. The van der Waals surface area contributed by atoms with E-state index in [1.807, 2.05) is 13.8 Å². The van der Waals surface area contributed by atoms with Crippen molar-refractivity contribution in [1.82, 2.24) is 9.78 Å². The highest BCUT2D eigenvalue weighted by molar-refractivity contribution is 6.02. The lowest BCUT2D eigenvalue weighted by Crippen LogP contribution is -2.25. The second-order valence-electron chi connectivity index (χ2n) is 5.00. The van der Waals surface area contributed by atoms with Crippen molar-refractivity contribution in [2.45, 2.75) is 59.7 Å². The molecule has 0 saturated heterocycles. The van der Waals surface area contributed by atoms with Crippen molar-refractivity contribution in [3.63, 3.8) is 0 Å². The van der Waals surface area contributed by atoms with Crippen LogP contribution in [0.25, 0.3) is 0 Å². The molecule has 0 bridgehead atoms. The summed E-state index contributed by atoms with van der Waals surface area (Å²) in [6, 6.07) is 0. The fourth-order valence-electron chi connectivity index (χ4n) is 2.14. The number of carbonyl (C=O) groups excluding carboxylic acids is 1. The van der Waals surface area contributed by atoms with Crippen molar-refractivity contribution >= 4 is 5.78 Å². The Hall–Kier alpha value is -1.33. The lowest BCUT2D eigenvalue weighted by atomic mass is 10.0. The number of aromatic nitrogens is 2. The molecule has 0 N–H and O–H groups in total. The lowest BCUT2D eigenvalue weighted by molar-refractivity contribution is -0.0886. The quantitative estimate of drug-likeness (QED) is 0.747. The Morgan fingerprint density at radius 2 is 1.85 bits per heavy atom. The van der Waals surface area contributed by atoms with Gasteiger partial charge in [-0.2, -0.15) is 18.3 Å². The Balaban J connectivity index is 3.32. The number of nitrogens with zero attached hydrogens (tertiary/aromatic N) is 2. The Morgan fingerprint density at radius 3 is 2.25 bits per heavy atom. The normalized spacial score (nSPS) is 13.6. The fraction of sp³-hybridized carbons (Fsp3) is 0.714. The molecular formula is C14H21F3N2O. The molecule has 0 aromatic carbocycles. The predicted molar refractivity (Wildman–Crippen MR) is 70.8 cm³/mol. The summed E-state index contributed by atoms with van der Waals surface area (Å²) in [6.45, 7) is 8.03. The molecule has 1 aromatic rings. The highest BCUT2D eigenvalue weighted by atomic mass is 19.4. The first-order chi connectivity index (χ1) is 9.26. The molecule has 3 nitrogen and oxygen atoms in total. The van der Waals surface area contributed by atoms with Crippen LogP contribution in [-0.4, -0.2) is 21.7 Å². The second kappa shape index (κ2) is 6.41. The largest absolute Gasteiger partial charge is 0.455 e. The summed E-state index contributed by atoms with van der Waals surface area (Å²) in [4.78, 5) is 11.6. The number of hydrogen-bond acceptors (Lipinski definition) is 2. The third kappa shape index (κ3) is 3.41. The minimum atomic E-state index is -4.85. The molecular weight excluding hydrogens is 269 g/mol. The highest BCUT2D eigenvalue weighted by Gasteiger charge is 2.42. The fourth-order valence-corrected chi connectivity index (χ4v) is 2.14. The molecule has 1 rings (SSSR count). The van der Waals surface area contributed by atoms with Gasteiger partial charge in [-0.1, -0.05) is 34.1 Å². The average Bonchev–Trinajstić information content (AvgIpc) is 2.73. The van der Waals surface area contributed by atoms with Crippen LogP contribution in [0.2, 0.25) is 0 Å². The van der Waals surface area contributed by atoms with Gasteiger partial charge in [-0.3, -0.25) is 9.48 Å². The minimum Gasteiger partial charge on any atom is -0.284 e. The monoisotopic (exact) mass is 290 g/mol. The number of alkyl halides is 3. The van der Waals surface area contributed by atoms with Crippen molar-refractivity contribution in [3.8, 4) is 0 Å². The molecule has 0 aliphatic rings. The van der Waals surface area contributed by atoms with Gasteiger partial charge in [-0.25, -0.2) is 0 Å². The molecule has 0 radical (unpaired) electrons. The number of ketones is 1. The van der Waals surface area contributed by atoms with Gasteiger partial charge >= 0.3 is 6.18 Å². The van der Waals surface area contributed by atoms with Gasteiger partial charge in [-0.15, -0.1) is 0 Å². The van der Waals surface area contributed by atoms with Gasteiger partial charge in [0.05, 0.1) is 11.3 Å². The maximum absolute atomic E-state index is 12.7. The first-order valence-corrected chi connectivity index (χ1v) is 6.96. The van der Waals surface area contributed by atoms with Gasteiger partial charge in [0.1, 0.15) is 0 Å². The summed E-state index contributed by atoms with van der Waals surface area (Å²) >= 11 is 0. The highest BCUT2D eigenvalue weighted by Crippen LogP contribution is 2.27. The van der Waals surface area contributed by atoms with Crippen molar-refractivity contribution in [2.24, 2.45) is 5.92 Å². The van der Waals surface area contributed by atoms with E-state index in [0.717, 1.165) is 6.42 Å². The Morgan fingerprint density at radius 1 is 1.25 bits per heavy atom. The molecule has 1 atom stereocenters. The van der Waals surface area contributed by atoms with E-state index in [1.165, 1.54) is 0 Å². The van der Waals surface area contributed by atoms with Gasteiger partial charge in [-0.05, 0) is 18.8 Å². The van der Waals surface area contributed by atoms with Crippen LogP contribution in [0.15, 0.2) is 0 Å². The van der Waals surface area contributed by atoms with E-state index in [4.69, 9.17) is 0 Å². The van der Waals surface area contributed by atoms with Crippen molar-refractivity contribution < 1.29 is 18.0 Å². The number of hydrogen-bond donors (Lipinski definition) is 0. The van der Waals surface area contributed by atoms with Crippen LogP contribution in [0.3, 0.4) is 0 Å². The van der Waals surface area contributed by atoms with Gasteiger partial charge in [0.15, 0.2) is 0 Å². The number of Topliss-reactive ketones (excluding diaryl/α,β-unsaturated/α-hetero) is 1. The molecule has 0 aliphatic carbocycles. The van der Waals surface area contributed by atoms with E-state index >= 15 is 0 Å². The van der Waals surface area contributed by atoms with E-state index in [-0.39, 0.29) is 11.3 Å². The lowest BCUT2D eigenvalue weighted by Gasteiger charge is -2.12. The van der Waals surface area contributed by atoms with E-state index in [2.05, 4.69) is 5.10 Å². The molecule has 1 aromatic heterocycles. The Kier molecular flexibility index (Phi) is 5.36. The molecule has 0 amide bonds. The zero-order chi connectivity index (χ0) is 15.5. The molecule has 0 saturated carbocycles. The summed E-state index contributed by atoms with van der Waals surface area (Å²) in [5.74, 6) is -1.47. The molecule has 0 spiro atoms. The SMILES string of the molecule is CCc1nn(CC(C)CC)c(CC)c1C(=O)C(F)(F)F. The maximum Gasteiger partial charge on any atom is 0.455 e. The zero-order valence-electron chi connectivity index (χ0n) is 12.3. The molecule has 6 heteroatoms. The number of rotatable bonds is 6. The second-order valence-corrected chi connectivity index (χ2v) is 5.00. The molecule has 20 heavy (non-hydrogen) atoms. The summed E-state index contributed by atoms with van der Waals surface area (Å²) in [7, 11) is 0. The van der Waals surface area contributed by atoms with Gasteiger partial charge in [0, 0.05) is 12.2 Å². The standard InChI is InChI=1S/C14H21F3N2O/c1-5-9(4)8-19-11(7-3)12(10(6-2)18-19)13(20)14(15,16)17/h9H,5-8H2,1-4H3. The van der Waals surface area contributed by atoms with E-state index in [1.54, 1.807) is 18.5 Å². The van der Waals surface area contributed by atoms with E-state index in [0.29, 0.717) is 31.0 Å². The first kappa shape index (κ1) is 16.7. The van der Waals surface area contributed by atoms with Crippen LogP contribution in [0.5, 0.6) is 0 Å². The zero-order valence-corrected chi connectivity index (χ0v) is 12.3. The van der Waals surface area contributed by atoms with Crippen LogP contribution >= 0.6 is 0 Å². The smallest absolute Gasteiger partial charge is 0.284 e. The molecule has 114 valence electrons. The van der Waals surface area contributed by atoms with Crippen LogP contribution in [0.1, 0.15) is 55.9 Å². The first-order valence-electron chi connectivity index (χ1n) is 6.96. The average molecular weight is 290 g/mol. The van der Waals surface area contributed by atoms with Gasteiger partial charge in [0.25, 0.3) is 5.78 Å². The number of halogens is 3. The van der Waals surface area contributed by atoms with Crippen LogP contribution < -0.4 is 0 Å². The third-order valence-electron chi connectivity index (χ3n) is 3.47. The van der Waals surface area contributed by atoms with Crippen molar-refractivity contribution in [2.75, 3.05) is 0 Å². The molecule has 1 unspecified atom stereocenters. The van der Waals surface area contributed by atoms with Gasteiger partial charge in [0.2, 0.25) is 0 Å². The molecule has 0 fully saturated rings. The minimum absolute atomic E-state index is 0.243. The van der Waals surface area contributed by atoms with Gasteiger partial charge < -0.3 is 0 Å². The van der Waals surface area contributed by atoms with Crippen molar-refractivity contribution in [3.05, 3.63) is 17.0 Å². The summed E-state index contributed by atoms with van der Waals surface area (Å²) in [5, 5.41) is 4.22. The third-order valence-corrected chi connectivity index (χ3v) is 3.47. The van der Waals surface area contributed by atoms with Crippen LogP contribution in [0, 0.1) is 5.92 Å². The Labute approximate surface area is 117 Å². The molecule has 0 aliphatic heterocycles. The number of aryl methyl sites for hydroxylation is 1. The van der Waals surface area contributed by atoms with Crippen LogP contribution in [-0.2, 0) is 19.4 Å². The maximum atomic E-state index is 12.7. The predicted octanol–water partition coefficient (Wildman–Crippen LogP) is 3.80. The van der Waals surface area contributed by atoms with Crippen LogP contribution in [0.4, 0.5) is 13.2 Å². The summed E-state index contributed by atoms with van der Waals surface area (Å²) in [5.41, 5.74) is 0.391. The van der Waals surface area contributed by atoms with Crippen molar-refractivity contribution in [1.29, 1.82) is 0 Å².